The molecular weight excluding hydrogens is 405 g/mol. The summed E-state index contributed by atoms with van der Waals surface area (Å²) in [6.45, 7) is 6.68. The van der Waals surface area contributed by atoms with Crippen molar-refractivity contribution in [3.63, 3.8) is 0 Å². The van der Waals surface area contributed by atoms with Crippen molar-refractivity contribution in [2.75, 3.05) is 18.4 Å². The quantitative estimate of drug-likeness (QED) is 0.704. The Morgan fingerprint density at radius 2 is 1.80 bits per heavy atom. The molecule has 0 bridgehead atoms. The first-order valence-electron chi connectivity index (χ1n) is 9.88. The molecule has 1 amide bonds. The third-order valence-electron chi connectivity index (χ3n) is 5.38. The maximum Gasteiger partial charge on any atom is 0.282 e. The molecule has 0 atom stereocenters. The van der Waals surface area contributed by atoms with Gasteiger partial charge in [0, 0.05) is 17.2 Å². The Morgan fingerprint density at radius 3 is 2.43 bits per heavy atom. The normalized spacial score (nSPS) is 15.8. The highest BCUT2D eigenvalue weighted by Crippen LogP contribution is 2.27. The van der Waals surface area contributed by atoms with Gasteiger partial charge < -0.3 is 10.6 Å². The number of hydrogen-bond acceptors (Lipinski definition) is 4. The number of piperidine rings is 1. The number of sulfonamides is 1. The Balaban J connectivity index is 1.86. The number of halogens is 1. The van der Waals surface area contributed by atoms with Gasteiger partial charge in [0.05, 0.1) is 10.6 Å². The number of rotatable bonds is 5. The van der Waals surface area contributed by atoms with Gasteiger partial charge in [0.25, 0.3) is 15.9 Å². The van der Waals surface area contributed by atoms with Gasteiger partial charge in [-0.05, 0) is 76.0 Å². The predicted octanol–water partition coefficient (Wildman–Crippen LogP) is 3.84. The molecule has 0 spiro atoms. The lowest BCUT2D eigenvalue weighted by atomic mass is 9.94. The van der Waals surface area contributed by atoms with Gasteiger partial charge >= 0.3 is 0 Å². The van der Waals surface area contributed by atoms with Gasteiger partial charge in [0.15, 0.2) is 0 Å². The van der Waals surface area contributed by atoms with Crippen LogP contribution in [-0.4, -0.2) is 33.1 Å². The number of anilines is 1. The van der Waals surface area contributed by atoms with Crippen molar-refractivity contribution in [1.82, 2.24) is 5.32 Å². The molecule has 1 aliphatic rings. The van der Waals surface area contributed by atoms with Gasteiger partial charge in [-0.2, -0.15) is 12.8 Å². The predicted molar refractivity (Wildman–Crippen MR) is 116 cm³/mol. The number of aryl methyl sites for hydroxylation is 2. The van der Waals surface area contributed by atoms with Crippen LogP contribution < -0.4 is 10.6 Å². The first kappa shape index (κ1) is 22.1. The van der Waals surface area contributed by atoms with Gasteiger partial charge in [0.2, 0.25) is 0 Å². The first-order chi connectivity index (χ1) is 14.2. The van der Waals surface area contributed by atoms with Crippen molar-refractivity contribution in [3.8, 4) is 0 Å². The van der Waals surface area contributed by atoms with Gasteiger partial charge in [-0.15, -0.1) is 0 Å². The standard InChI is InChI=1S/C22H26FN3O3S/c1-14-6-4-5-7-19(14)22(27)25-21-15(2)12-18(13-20(21)23)30(28,29)26-16(3)17-8-10-24-11-9-17/h4-7,12-13,17,24H,8-11H2,1-3H3,(H,25,27)/b26-16-. The van der Waals surface area contributed by atoms with E-state index in [1.807, 2.05) is 6.07 Å². The lowest BCUT2D eigenvalue weighted by Crippen LogP contribution is -2.31. The molecule has 0 aliphatic carbocycles. The van der Waals surface area contributed by atoms with Gasteiger partial charge in [0.1, 0.15) is 5.82 Å². The zero-order valence-electron chi connectivity index (χ0n) is 17.3. The van der Waals surface area contributed by atoms with Gasteiger partial charge in [-0.3, -0.25) is 4.79 Å². The number of nitrogens with zero attached hydrogens (tertiary/aromatic N) is 1. The lowest BCUT2D eigenvalue weighted by molar-refractivity contribution is 0.102. The maximum absolute atomic E-state index is 14.8. The molecule has 0 radical (unpaired) electrons. The molecule has 1 saturated heterocycles. The first-order valence-corrected chi connectivity index (χ1v) is 11.3. The number of carbonyl (C=O) groups is 1. The summed E-state index contributed by atoms with van der Waals surface area (Å²) in [7, 11) is -4.04. The van der Waals surface area contributed by atoms with Crippen LogP contribution in [0.25, 0.3) is 0 Å². The van der Waals surface area contributed by atoms with Crippen molar-refractivity contribution in [1.29, 1.82) is 0 Å². The van der Waals surface area contributed by atoms with E-state index in [2.05, 4.69) is 15.0 Å². The smallest absolute Gasteiger partial charge is 0.282 e. The van der Waals surface area contributed by atoms with Crippen LogP contribution in [0.5, 0.6) is 0 Å². The van der Waals surface area contributed by atoms with Crippen LogP contribution in [0.3, 0.4) is 0 Å². The number of nitrogens with one attached hydrogen (secondary N) is 2. The van der Waals surface area contributed by atoms with Crippen LogP contribution in [0.2, 0.25) is 0 Å². The zero-order valence-corrected chi connectivity index (χ0v) is 18.1. The number of hydrogen-bond donors (Lipinski definition) is 2. The second-order valence-electron chi connectivity index (χ2n) is 7.60. The molecule has 0 aromatic heterocycles. The van der Waals surface area contributed by atoms with Crippen LogP contribution in [0.1, 0.15) is 41.3 Å². The summed E-state index contributed by atoms with van der Waals surface area (Å²) in [5.74, 6) is -1.17. The van der Waals surface area contributed by atoms with E-state index < -0.39 is 21.7 Å². The van der Waals surface area contributed by atoms with E-state index in [1.165, 1.54) is 6.07 Å². The summed E-state index contributed by atoms with van der Waals surface area (Å²) in [6, 6.07) is 9.22. The van der Waals surface area contributed by atoms with E-state index in [0.717, 1.165) is 37.6 Å². The summed E-state index contributed by atoms with van der Waals surface area (Å²) in [5, 5.41) is 5.78. The fraction of sp³-hybridized carbons (Fsp3) is 0.364. The summed E-state index contributed by atoms with van der Waals surface area (Å²) < 4.78 is 44.2. The Labute approximate surface area is 176 Å². The summed E-state index contributed by atoms with van der Waals surface area (Å²) >= 11 is 0. The molecule has 30 heavy (non-hydrogen) atoms. The SMILES string of the molecule is C/C(=N/S(=O)(=O)c1cc(C)c(NC(=O)c2ccccc2C)c(F)c1)C1CCNCC1. The number of amides is 1. The monoisotopic (exact) mass is 431 g/mol. The lowest BCUT2D eigenvalue weighted by Gasteiger charge is -2.22. The zero-order chi connectivity index (χ0) is 21.9. The molecule has 0 saturated carbocycles. The highest BCUT2D eigenvalue weighted by Gasteiger charge is 2.22. The van der Waals surface area contributed by atoms with E-state index in [4.69, 9.17) is 0 Å². The summed E-state index contributed by atoms with van der Waals surface area (Å²) in [6.07, 6.45) is 1.64. The summed E-state index contributed by atoms with van der Waals surface area (Å²) in [4.78, 5) is 12.3. The second-order valence-corrected chi connectivity index (χ2v) is 9.20. The van der Waals surface area contributed by atoms with Gasteiger partial charge in [-0.1, -0.05) is 18.2 Å². The average molecular weight is 432 g/mol. The highest BCUT2D eigenvalue weighted by molar-refractivity contribution is 7.90. The molecule has 2 aromatic rings. The molecule has 6 nitrogen and oxygen atoms in total. The van der Waals surface area contributed by atoms with E-state index >= 15 is 0 Å². The van der Waals surface area contributed by atoms with Crippen molar-refractivity contribution in [3.05, 3.63) is 58.9 Å². The Bertz CT molecular complexity index is 1070. The molecule has 2 N–H and O–H groups in total. The second kappa shape index (κ2) is 9.06. The van der Waals surface area contributed by atoms with E-state index in [-0.39, 0.29) is 16.5 Å². The topological polar surface area (TPSA) is 87.6 Å². The maximum atomic E-state index is 14.8. The minimum atomic E-state index is -4.04. The third kappa shape index (κ3) is 4.94. The molecule has 2 aromatic carbocycles. The summed E-state index contributed by atoms with van der Waals surface area (Å²) in [5.41, 5.74) is 1.99. The van der Waals surface area contributed by atoms with Crippen LogP contribution in [0, 0.1) is 25.6 Å². The fourth-order valence-electron chi connectivity index (χ4n) is 3.58. The van der Waals surface area contributed by atoms with E-state index in [0.29, 0.717) is 16.8 Å². The minimum Gasteiger partial charge on any atom is -0.319 e. The van der Waals surface area contributed by atoms with Crippen molar-refractivity contribution < 1.29 is 17.6 Å². The molecule has 1 heterocycles. The van der Waals surface area contributed by atoms with Crippen molar-refractivity contribution >= 4 is 27.3 Å². The average Bonchev–Trinajstić information content (AvgIpc) is 2.71. The highest BCUT2D eigenvalue weighted by atomic mass is 32.2. The Hall–Kier alpha value is -2.58. The van der Waals surface area contributed by atoms with E-state index in [9.17, 15) is 17.6 Å². The molecule has 1 aliphatic heterocycles. The fourth-order valence-corrected chi connectivity index (χ4v) is 4.80. The largest absolute Gasteiger partial charge is 0.319 e. The van der Waals surface area contributed by atoms with Crippen LogP contribution in [0.15, 0.2) is 45.7 Å². The van der Waals surface area contributed by atoms with Gasteiger partial charge in [-0.25, -0.2) is 4.39 Å². The molecule has 3 rings (SSSR count). The molecule has 0 unspecified atom stereocenters. The minimum absolute atomic E-state index is 0.0405. The molecule has 160 valence electrons. The van der Waals surface area contributed by atoms with Crippen LogP contribution in [-0.2, 0) is 10.0 Å². The van der Waals surface area contributed by atoms with Crippen molar-refractivity contribution in [2.24, 2.45) is 10.3 Å². The van der Waals surface area contributed by atoms with Crippen molar-refractivity contribution in [2.45, 2.75) is 38.5 Å². The van der Waals surface area contributed by atoms with Crippen LogP contribution >= 0.6 is 0 Å². The Kier molecular flexibility index (Phi) is 6.67. The van der Waals surface area contributed by atoms with E-state index in [1.54, 1.807) is 39.0 Å². The number of benzene rings is 2. The Morgan fingerprint density at radius 1 is 1.13 bits per heavy atom. The molecular formula is C22H26FN3O3S. The third-order valence-corrected chi connectivity index (χ3v) is 6.74. The molecule has 1 fully saturated rings. The number of carbonyl (C=O) groups excluding carboxylic acids is 1. The van der Waals surface area contributed by atoms with Crippen LogP contribution in [0.4, 0.5) is 10.1 Å². The molecule has 8 heteroatoms.